The minimum atomic E-state index is -0.425. The normalized spacial score (nSPS) is 20.2. The van der Waals surface area contributed by atoms with Crippen LogP contribution in [0.3, 0.4) is 0 Å². The lowest BCUT2D eigenvalue weighted by Gasteiger charge is -2.30. The summed E-state index contributed by atoms with van der Waals surface area (Å²) in [6, 6.07) is 5.35. The van der Waals surface area contributed by atoms with Crippen LogP contribution in [0.2, 0.25) is 0 Å². The Kier molecular flexibility index (Phi) is 8.07. The van der Waals surface area contributed by atoms with E-state index in [2.05, 4.69) is 26.3 Å². The van der Waals surface area contributed by atoms with Crippen molar-refractivity contribution >= 4 is 35.6 Å². The summed E-state index contributed by atoms with van der Waals surface area (Å²) in [5.74, 6) is 2.72. The maximum Gasteiger partial charge on any atom is 0.328 e. The zero-order chi connectivity index (χ0) is 28.2. The zero-order valence-corrected chi connectivity index (χ0v) is 22.6. The summed E-state index contributed by atoms with van der Waals surface area (Å²) < 4.78 is 10.8. The molecule has 2 aromatic rings. The molecule has 40 heavy (non-hydrogen) atoms. The average Bonchev–Trinajstić information content (AvgIpc) is 3.63. The van der Waals surface area contributed by atoms with Gasteiger partial charge in [-0.05, 0) is 37.3 Å². The third kappa shape index (κ3) is 5.27. The third-order valence-corrected chi connectivity index (χ3v) is 7.75. The number of nitriles is 1. The molecule has 0 radical (unpaired) electrons. The number of aldehydes is 1. The van der Waals surface area contributed by atoms with E-state index in [1.54, 1.807) is 20.3 Å². The molecule has 2 fully saturated rings. The van der Waals surface area contributed by atoms with Crippen LogP contribution in [0.15, 0.2) is 24.0 Å². The van der Waals surface area contributed by atoms with Crippen molar-refractivity contribution in [2.24, 2.45) is 0 Å². The maximum absolute atomic E-state index is 13.4. The Morgan fingerprint density at radius 3 is 2.77 bits per heavy atom. The van der Waals surface area contributed by atoms with Crippen molar-refractivity contribution in [2.45, 2.75) is 44.4 Å². The number of nitrogens with zero attached hydrogens (tertiary/aromatic N) is 6. The van der Waals surface area contributed by atoms with Crippen LogP contribution in [0.5, 0.6) is 0 Å². The minimum Gasteiger partial charge on any atom is -0.380 e. The first-order valence-electron chi connectivity index (χ1n) is 13.3. The molecule has 208 valence electrons. The number of carbonyl (C=O) groups excluding carboxylic acids is 3. The number of aromatic nitrogens is 2. The van der Waals surface area contributed by atoms with Gasteiger partial charge in [0.25, 0.3) is 0 Å². The molecule has 0 aliphatic carbocycles. The van der Waals surface area contributed by atoms with Gasteiger partial charge in [0.1, 0.15) is 41.1 Å². The molecule has 3 aliphatic heterocycles. The molecule has 0 saturated carbocycles. The Hall–Kier alpha value is -4.30. The summed E-state index contributed by atoms with van der Waals surface area (Å²) in [5, 5.41) is 12.4. The van der Waals surface area contributed by atoms with Crippen molar-refractivity contribution in [1.29, 1.82) is 5.26 Å². The minimum absolute atomic E-state index is 0.0819. The van der Waals surface area contributed by atoms with E-state index < -0.39 is 6.03 Å². The predicted octanol–water partition coefficient (Wildman–Crippen LogP) is 2.31. The fraction of sp³-hybridized carbons (Fsp3) is 0.464. The Morgan fingerprint density at radius 2 is 2.08 bits per heavy atom. The van der Waals surface area contributed by atoms with Crippen LogP contribution >= 0.6 is 0 Å². The van der Waals surface area contributed by atoms with Gasteiger partial charge >= 0.3 is 6.03 Å². The molecule has 3 aliphatic rings. The number of amides is 2. The number of likely N-dealkylation sites (tertiary alicyclic amines) is 1. The molecule has 2 atom stereocenters. The summed E-state index contributed by atoms with van der Waals surface area (Å²) >= 11 is 0. The van der Waals surface area contributed by atoms with Crippen LogP contribution in [0.25, 0.3) is 0 Å². The molecule has 0 unspecified atom stereocenters. The highest BCUT2D eigenvalue weighted by Gasteiger charge is 2.31. The van der Waals surface area contributed by atoms with Crippen LogP contribution in [0.4, 0.5) is 22.1 Å². The molecule has 0 spiro atoms. The van der Waals surface area contributed by atoms with Gasteiger partial charge in [-0.1, -0.05) is 0 Å². The molecule has 12 heteroatoms. The average molecular weight is 546 g/mol. The Balaban J connectivity index is 1.37. The maximum atomic E-state index is 13.4. The van der Waals surface area contributed by atoms with E-state index in [-0.39, 0.29) is 17.9 Å². The number of ether oxygens (including phenoxy) is 2. The Bertz CT molecular complexity index is 1400. The zero-order valence-electron chi connectivity index (χ0n) is 22.6. The van der Waals surface area contributed by atoms with Crippen LogP contribution in [-0.4, -0.2) is 85.7 Å². The number of pyridine rings is 2. The van der Waals surface area contributed by atoms with Gasteiger partial charge in [0, 0.05) is 64.8 Å². The van der Waals surface area contributed by atoms with Crippen molar-refractivity contribution in [3.8, 4) is 6.07 Å². The van der Waals surface area contributed by atoms with Gasteiger partial charge in [0.2, 0.25) is 0 Å². The number of fused-ring (bicyclic) bond motifs is 1. The highest BCUT2D eigenvalue weighted by atomic mass is 16.5. The quantitative estimate of drug-likeness (QED) is 0.407. The van der Waals surface area contributed by atoms with Crippen molar-refractivity contribution in [3.63, 3.8) is 0 Å². The molecule has 2 saturated heterocycles. The van der Waals surface area contributed by atoms with Crippen molar-refractivity contribution in [3.05, 3.63) is 46.4 Å². The SMILES string of the molecule is CO[C@H]1CCN(c2cc(NC(=O)N3CCCc4cc(CN5CC[C@@H](OC)C5=C=O)c(C=O)nc43)ncc2C#N)C1. The molecular weight excluding hydrogens is 514 g/mol. The van der Waals surface area contributed by atoms with E-state index in [0.29, 0.717) is 79.5 Å². The largest absolute Gasteiger partial charge is 0.380 e. The van der Waals surface area contributed by atoms with E-state index in [9.17, 15) is 19.6 Å². The summed E-state index contributed by atoms with van der Waals surface area (Å²) in [4.78, 5) is 51.3. The lowest BCUT2D eigenvalue weighted by atomic mass is 10.0. The number of methoxy groups -OCH3 is 2. The van der Waals surface area contributed by atoms with Crippen molar-refractivity contribution < 1.29 is 23.9 Å². The molecule has 2 aromatic heterocycles. The second-order valence-corrected chi connectivity index (χ2v) is 10.0. The number of hydrogen-bond acceptors (Lipinski definition) is 10. The fourth-order valence-corrected chi connectivity index (χ4v) is 5.62. The molecule has 12 nitrogen and oxygen atoms in total. The summed E-state index contributed by atoms with van der Waals surface area (Å²) in [6.45, 7) is 2.74. The summed E-state index contributed by atoms with van der Waals surface area (Å²) in [7, 11) is 3.23. The van der Waals surface area contributed by atoms with E-state index in [1.165, 1.54) is 11.1 Å². The van der Waals surface area contributed by atoms with Gasteiger partial charge in [0.15, 0.2) is 6.29 Å². The predicted molar refractivity (Wildman–Crippen MR) is 146 cm³/mol. The van der Waals surface area contributed by atoms with E-state index in [4.69, 9.17) is 9.47 Å². The van der Waals surface area contributed by atoms with E-state index in [0.717, 1.165) is 24.9 Å². The van der Waals surface area contributed by atoms with Gasteiger partial charge in [-0.25, -0.2) is 19.6 Å². The number of rotatable bonds is 7. The number of carbonyl (C=O) groups is 2. The molecule has 5 heterocycles. The fourth-order valence-electron chi connectivity index (χ4n) is 5.62. The van der Waals surface area contributed by atoms with Crippen LogP contribution in [-0.2, 0) is 27.2 Å². The van der Waals surface area contributed by atoms with Crippen molar-refractivity contribution in [1.82, 2.24) is 14.9 Å². The molecule has 0 bridgehead atoms. The lowest BCUT2D eigenvalue weighted by molar-refractivity contribution is 0.111. The Morgan fingerprint density at radius 1 is 1.23 bits per heavy atom. The van der Waals surface area contributed by atoms with Crippen LogP contribution < -0.4 is 15.1 Å². The summed E-state index contributed by atoms with van der Waals surface area (Å²) in [6.07, 6.45) is 4.83. The molecule has 5 rings (SSSR count). The second-order valence-electron chi connectivity index (χ2n) is 10.0. The highest BCUT2D eigenvalue weighted by molar-refractivity contribution is 6.02. The van der Waals surface area contributed by atoms with Gasteiger partial charge in [-0.3, -0.25) is 15.0 Å². The number of urea groups is 1. The smallest absolute Gasteiger partial charge is 0.328 e. The molecule has 2 amide bonds. The first-order chi connectivity index (χ1) is 19.5. The van der Waals surface area contributed by atoms with Gasteiger partial charge in [-0.15, -0.1) is 0 Å². The second kappa shape index (κ2) is 11.8. The number of nitrogens with one attached hydrogen (secondary N) is 1. The summed E-state index contributed by atoms with van der Waals surface area (Å²) in [5.41, 5.74) is 3.28. The molecule has 0 aromatic carbocycles. The van der Waals surface area contributed by atoms with Gasteiger partial charge < -0.3 is 19.3 Å². The van der Waals surface area contributed by atoms with E-state index in [1.807, 2.05) is 16.9 Å². The molecule has 1 N–H and O–H groups in total. The standard InChI is InChI=1S/C28H31N7O5/c1-39-21-5-8-34(15-21)23-11-26(30-13-20(23)12-29)32-28(38)35-7-3-4-18-10-19(22(16-36)31-27(18)35)14-33-9-6-25(40-2)24(33)17-37/h10-11,13,16,21,25H,3-9,14-15H2,1-2H3,(H,30,32,38)/t21-,25+/m0/s1. The van der Waals surface area contributed by atoms with E-state index >= 15 is 0 Å². The highest BCUT2D eigenvalue weighted by Crippen LogP contribution is 2.31. The van der Waals surface area contributed by atoms with Gasteiger partial charge in [-0.2, -0.15) is 5.26 Å². The van der Waals surface area contributed by atoms with Crippen molar-refractivity contribution in [2.75, 3.05) is 55.5 Å². The van der Waals surface area contributed by atoms with Crippen LogP contribution in [0.1, 0.15) is 46.4 Å². The topological polar surface area (TPSA) is 141 Å². The first-order valence-corrected chi connectivity index (χ1v) is 13.3. The molecular formula is C28H31N7O5. The number of hydrogen-bond donors (Lipinski definition) is 1. The van der Waals surface area contributed by atoms with Crippen LogP contribution in [0, 0.1) is 11.3 Å². The number of anilines is 3. The Labute approximate surface area is 232 Å². The third-order valence-electron chi connectivity index (χ3n) is 7.75. The first kappa shape index (κ1) is 27.3. The number of aryl methyl sites for hydroxylation is 1. The lowest BCUT2D eigenvalue weighted by Crippen LogP contribution is -2.40. The monoisotopic (exact) mass is 545 g/mol. The van der Waals surface area contributed by atoms with Gasteiger partial charge in [0.05, 0.1) is 17.4 Å².